The third-order valence-electron chi connectivity index (χ3n) is 4.20. The first-order valence-electron chi connectivity index (χ1n) is 6.27. The number of piperidine rings is 1. The molecular formula is C12H25N3. The fraction of sp³-hybridized carbons (Fsp3) is 1.00. The summed E-state index contributed by atoms with van der Waals surface area (Å²) in [5.41, 5.74) is 0.461. The van der Waals surface area contributed by atoms with Gasteiger partial charge in [-0.1, -0.05) is 0 Å². The van der Waals surface area contributed by atoms with Crippen molar-refractivity contribution in [3.05, 3.63) is 0 Å². The van der Waals surface area contributed by atoms with Gasteiger partial charge in [-0.05, 0) is 46.8 Å². The number of likely N-dealkylation sites (tertiary alicyclic amines) is 1. The van der Waals surface area contributed by atoms with E-state index >= 15 is 0 Å². The van der Waals surface area contributed by atoms with Crippen LogP contribution in [-0.2, 0) is 0 Å². The summed E-state index contributed by atoms with van der Waals surface area (Å²) < 4.78 is 0. The Bertz CT molecular complexity index is 209. The van der Waals surface area contributed by atoms with Crippen molar-refractivity contribution in [2.45, 2.75) is 38.3 Å². The average molecular weight is 211 g/mol. The van der Waals surface area contributed by atoms with Gasteiger partial charge in [0.2, 0.25) is 0 Å². The molecule has 0 aromatic carbocycles. The van der Waals surface area contributed by atoms with Gasteiger partial charge in [0.15, 0.2) is 0 Å². The molecular weight excluding hydrogens is 186 g/mol. The minimum atomic E-state index is 0.461. The van der Waals surface area contributed by atoms with E-state index in [1.165, 1.54) is 39.0 Å². The molecule has 0 unspecified atom stereocenters. The van der Waals surface area contributed by atoms with Gasteiger partial charge in [0.25, 0.3) is 0 Å². The smallest absolute Gasteiger partial charge is 0.0206 e. The summed E-state index contributed by atoms with van der Waals surface area (Å²) in [6, 6.07) is 0.662. The predicted octanol–water partition coefficient (Wildman–Crippen LogP) is 0.764. The monoisotopic (exact) mass is 211 g/mol. The highest BCUT2D eigenvalue weighted by Gasteiger charge is 2.36. The lowest BCUT2D eigenvalue weighted by Gasteiger charge is -2.49. The van der Waals surface area contributed by atoms with Crippen LogP contribution >= 0.6 is 0 Å². The lowest BCUT2D eigenvalue weighted by atomic mass is 9.87. The maximum absolute atomic E-state index is 3.52. The molecule has 3 heteroatoms. The van der Waals surface area contributed by atoms with E-state index in [4.69, 9.17) is 0 Å². The molecule has 1 atom stereocenters. The van der Waals surface area contributed by atoms with Crippen LogP contribution in [0.1, 0.15) is 26.7 Å². The second-order valence-corrected chi connectivity index (χ2v) is 5.60. The molecule has 2 saturated heterocycles. The van der Waals surface area contributed by atoms with Crippen molar-refractivity contribution < 1.29 is 0 Å². The molecule has 2 aliphatic heterocycles. The normalized spacial score (nSPS) is 34.2. The van der Waals surface area contributed by atoms with Crippen LogP contribution in [0.4, 0.5) is 0 Å². The molecule has 3 nitrogen and oxygen atoms in total. The van der Waals surface area contributed by atoms with Crippen molar-refractivity contribution >= 4 is 0 Å². The number of hydrogen-bond acceptors (Lipinski definition) is 3. The highest BCUT2D eigenvalue weighted by Crippen LogP contribution is 2.28. The first kappa shape index (κ1) is 11.4. The van der Waals surface area contributed by atoms with E-state index in [1.807, 2.05) is 0 Å². The van der Waals surface area contributed by atoms with Crippen LogP contribution in [0, 0.1) is 0 Å². The Balaban J connectivity index is 1.95. The summed E-state index contributed by atoms with van der Waals surface area (Å²) in [6.07, 6.45) is 2.66. The maximum Gasteiger partial charge on any atom is 0.0206 e. The average Bonchev–Trinajstić information content (AvgIpc) is 2.23. The molecule has 0 bridgehead atoms. The van der Waals surface area contributed by atoms with E-state index in [2.05, 4.69) is 36.0 Å². The summed E-state index contributed by atoms with van der Waals surface area (Å²) in [5, 5.41) is 3.52. The topological polar surface area (TPSA) is 18.5 Å². The Morgan fingerprint density at radius 2 is 1.87 bits per heavy atom. The van der Waals surface area contributed by atoms with E-state index in [9.17, 15) is 0 Å². The zero-order chi connectivity index (χ0) is 10.9. The van der Waals surface area contributed by atoms with Gasteiger partial charge >= 0.3 is 0 Å². The third kappa shape index (κ3) is 2.52. The maximum atomic E-state index is 3.52. The van der Waals surface area contributed by atoms with Gasteiger partial charge in [0.1, 0.15) is 0 Å². The first-order chi connectivity index (χ1) is 7.10. The standard InChI is InChI=1S/C12H25N3/c1-11-10-15(9-6-13-11)12(2)4-7-14(3)8-5-12/h11,13H,4-10H2,1-3H3/t11-/m0/s1. The Kier molecular flexibility index (Phi) is 3.33. The van der Waals surface area contributed by atoms with Gasteiger partial charge in [0.05, 0.1) is 0 Å². The van der Waals surface area contributed by atoms with Crippen molar-refractivity contribution in [1.29, 1.82) is 0 Å². The van der Waals surface area contributed by atoms with Crippen molar-refractivity contribution in [2.75, 3.05) is 39.8 Å². The Morgan fingerprint density at radius 1 is 1.20 bits per heavy atom. The Morgan fingerprint density at radius 3 is 2.47 bits per heavy atom. The molecule has 2 heterocycles. The number of nitrogens with one attached hydrogen (secondary N) is 1. The van der Waals surface area contributed by atoms with Crippen LogP contribution in [0.5, 0.6) is 0 Å². The first-order valence-corrected chi connectivity index (χ1v) is 6.27. The van der Waals surface area contributed by atoms with Crippen molar-refractivity contribution in [3.8, 4) is 0 Å². The summed E-state index contributed by atoms with van der Waals surface area (Å²) in [4.78, 5) is 5.16. The molecule has 2 rings (SSSR count). The lowest BCUT2D eigenvalue weighted by Crippen LogP contribution is -2.60. The summed E-state index contributed by atoms with van der Waals surface area (Å²) in [6.45, 7) is 10.9. The number of nitrogens with zero attached hydrogens (tertiary/aromatic N) is 2. The summed E-state index contributed by atoms with van der Waals surface area (Å²) in [7, 11) is 2.24. The minimum Gasteiger partial charge on any atom is -0.312 e. The fourth-order valence-corrected chi connectivity index (χ4v) is 2.84. The Labute approximate surface area is 93.8 Å². The van der Waals surface area contributed by atoms with E-state index in [0.29, 0.717) is 11.6 Å². The molecule has 0 aliphatic carbocycles. The lowest BCUT2D eigenvalue weighted by molar-refractivity contribution is 0.0227. The van der Waals surface area contributed by atoms with Gasteiger partial charge in [0, 0.05) is 31.2 Å². The molecule has 0 aromatic rings. The molecule has 0 saturated carbocycles. The highest BCUT2D eigenvalue weighted by atomic mass is 15.3. The zero-order valence-corrected chi connectivity index (χ0v) is 10.4. The van der Waals surface area contributed by atoms with E-state index in [0.717, 1.165) is 6.54 Å². The molecule has 0 aromatic heterocycles. The van der Waals surface area contributed by atoms with Gasteiger partial charge in [-0.15, -0.1) is 0 Å². The molecule has 2 aliphatic rings. The predicted molar refractivity (Wildman–Crippen MR) is 64.2 cm³/mol. The number of piperazine rings is 1. The van der Waals surface area contributed by atoms with Gasteiger partial charge < -0.3 is 10.2 Å². The van der Waals surface area contributed by atoms with E-state index < -0.39 is 0 Å². The Hall–Kier alpha value is -0.120. The molecule has 88 valence electrons. The van der Waals surface area contributed by atoms with Crippen molar-refractivity contribution in [1.82, 2.24) is 15.1 Å². The number of rotatable bonds is 1. The molecule has 0 spiro atoms. The van der Waals surface area contributed by atoms with Crippen LogP contribution in [0.25, 0.3) is 0 Å². The second kappa shape index (κ2) is 4.40. The van der Waals surface area contributed by atoms with Gasteiger partial charge in [-0.2, -0.15) is 0 Å². The van der Waals surface area contributed by atoms with Crippen LogP contribution in [-0.4, -0.2) is 61.2 Å². The minimum absolute atomic E-state index is 0.461. The summed E-state index contributed by atoms with van der Waals surface area (Å²) >= 11 is 0. The van der Waals surface area contributed by atoms with E-state index in [-0.39, 0.29) is 0 Å². The largest absolute Gasteiger partial charge is 0.312 e. The van der Waals surface area contributed by atoms with Crippen molar-refractivity contribution in [2.24, 2.45) is 0 Å². The van der Waals surface area contributed by atoms with E-state index in [1.54, 1.807) is 0 Å². The van der Waals surface area contributed by atoms with Crippen molar-refractivity contribution in [3.63, 3.8) is 0 Å². The second-order valence-electron chi connectivity index (χ2n) is 5.60. The highest BCUT2D eigenvalue weighted by molar-refractivity contribution is 4.94. The van der Waals surface area contributed by atoms with Crippen LogP contribution in [0.2, 0.25) is 0 Å². The summed E-state index contributed by atoms with van der Waals surface area (Å²) in [5.74, 6) is 0. The molecule has 0 radical (unpaired) electrons. The van der Waals surface area contributed by atoms with Crippen LogP contribution < -0.4 is 5.32 Å². The molecule has 1 N–H and O–H groups in total. The molecule has 15 heavy (non-hydrogen) atoms. The third-order valence-corrected chi connectivity index (χ3v) is 4.20. The SMILES string of the molecule is C[C@H]1CN(C2(C)CCN(C)CC2)CCN1. The zero-order valence-electron chi connectivity index (χ0n) is 10.4. The van der Waals surface area contributed by atoms with Gasteiger partial charge in [-0.25, -0.2) is 0 Å². The fourth-order valence-electron chi connectivity index (χ4n) is 2.84. The van der Waals surface area contributed by atoms with Crippen LogP contribution in [0.15, 0.2) is 0 Å². The molecule has 2 fully saturated rings. The number of hydrogen-bond donors (Lipinski definition) is 1. The van der Waals surface area contributed by atoms with Gasteiger partial charge in [-0.3, -0.25) is 4.90 Å². The van der Waals surface area contributed by atoms with Crippen LogP contribution in [0.3, 0.4) is 0 Å². The quantitative estimate of drug-likeness (QED) is 0.691. The molecule has 0 amide bonds.